The van der Waals surface area contributed by atoms with Gasteiger partial charge in [-0.1, -0.05) is 11.6 Å². The zero-order valence-corrected chi connectivity index (χ0v) is 14.3. The van der Waals surface area contributed by atoms with Gasteiger partial charge in [0.2, 0.25) is 0 Å². The maximum absolute atomic E-state index is 13.5. The smallest absolute Gasteiger partial charge is 0.291 e. The number of halogens is 2. The number of carbonyl (C=O) groups excluding carboxylic acids is 1. The number of carbonyl (C=O) groups is 1. The molecule has 0 unspecified atom stereocenters. The molecular weight excluding hydrogens is 359 g/mol. The van der Waals surface area contributed by atoms with Gasteiger partial charge >= 0.3 is 0 Å². The number of furan rings is 1. The van der Waals surface area contributed by atoms with Gasteiger partial charge in [0.15, 0.2) is 5.76 Å². The highest BCUT2D eigenvalue weighted by Crippen LogP contribution is 2.28. The average Bonchev–Trinajstić information content (AvgIpc) is 3.24. The third-order valence-corrected chi connectivity index (χ3v) is 4.21. The molecule has 1 N–H and O–H groups in total. The predicted molar refractivity (Wildman–Crippen MR) is 95.2 cm³/mol. The van der Waals surface area contributed by atoms with Gasteiger partial charge in [0, 0.05) is 16.0 Å². The second-order valence-corrected chi connectivity index (χ2v) is 6.09. The number of nitrogens with zero attached hydrogens (tertiary/aromatic N) is 3. The molecule has 2 heterocycles. The highest BCUT2D eigenvalue weighted by Gasteiger charge is 2.20. The lowest BCUT2D eigenvalue weighted by atomic mass is 10.1. The summed E-state index contributed by atoms with van der Waals surface area (Å²) in [6.45, 7) is 1.70. The molecule has 8 heteroatoms. The third kappa shape index (κ3) is 2.82. The maximum atomic E-state index is 13.5. The maximum Gasteiger partial charge on any atom is 0.291 e. The Morgan fingerprint density at radius 3 is 2.88 bits per heavy atom. The summed E-state index contributed by atoms with van der Waals surface area (Å²) in [4.78, 5) is 16.6. The fourth-order valence-electron chi connectivity index (χ4n) is 2.73. The molecule has 0 saturated carbocycles. The van der Waals surface area contributed by atoms with Crippen molar-refractivity contribution in [3.63, 3.8) is 0 Å². The van der Waals surface area contributed by atoms with E-state index in [0.29, 0.717) is 32.9 Å². The zero-order valence-electron chi connectivity index (χ0n) is 13.5. The summed E-state index contributed by atoms with van der Waals surface area (Å²) >= 11 is 6.06. The lowest BCUT2D eigenvalue weighted by Gasteiger charge is -2.10. The van der Waals surface area contributed by atoms with Crippen LogP contribution in [-0.2, 0) is 0 Å². The lowest BCUT2D eigenvalue weighted by molar-refractivity contribution is 0.0998. The Labute approximate surface area is 152 Å². The van der Waals surface area contributed by atoms with Crippen molar-refractivity contribution in [3.8, 4) is 5.69 Å². The Morgan fingerprint density at radius 1 is 1.27 bits per heavy atom. The summed E-state index contributed by atoms with van der Waals surface area (Å²) in [6, 6.07) is 9.12. The van der Waals surface area contributed by atoms with Crippen LogP contribution < -0.4 is 5.32 Å². The number of benzene rings is 2. The summed E-state index contributed by atoms with van der Waals surface area (Å²) in [5, 5.41) is 7.84. The fraction of sp³-hybridized carbons (Fsp3) is 0.0556. The molecule has 0 radical (unpaired) electrons. The number of aromatic nitrogens is 3. The summed E-state index contributed by atoms with van der Waals surface area (Å²) < 4.78 is 20.6. The summed E-state index contributed by atoms with van der Waals surface area (Å²) in [5.41, 5.74) is 2.04. The van der Waals surface area contributed by atoms with Gasteiger partial charge in [-0.15, -0.1) is 0 Å². The van der Waals surface area contributed by atoms with Crippen molar-refractivity contribution in [2.24, 2.45) is 0 Å². The molecule has 4 rings (SSSR count). The molecule has 0 fully saturated rings. The molecule has 0 bridgehead atoms. The van der Waals surface area contributed by atoms with Crippen LogP contribution in [0.5, 0.6) is 0 Å². The SMILES string of the molecule is Cc1c(C(=O)Nc2cc(Cl)ccc2-n2cncn2)oc2ccc(F)cc12. The Morgan fingerprint density at radius 2 is 2.12 bits per heavy atom. The molecule has 0 aliphatic heterocycles. The number of amides is 1. The van der Waals surface area contributed by atoms with Crippen molar-refractivity contribution in [2.45, 2.75) is 6.92 Å². The standard InChI is InChI=1S/C18H12ClFN4O2/c1-10-13-7-12(20)3-5-16(13)26-17(10)18(25)23-14-6-11(19)2-4-15(14)24-9-21-8-22-24/h2-9H,1H3,(H,23,25). The highest BCUT2D eigenvalue weighted by molar-refractivity contribution is 6.31. The average molecular weight is 371 g/mol. The molecule has 130 valence electrons. The minimum absolute atomic E-state index is 0.107. The van der Waals surface area contributed by atoms with Crippen molar-refractivity contribution >= 4 is 34.2 Å². The van der Waals surface area contributed by atoms with Crippen molar-refractivity contribution in [1.82, 2.24) is 14.8 Å². The van der Waals surface area contributed by atoms with Gasteiger partial charge < -0.3 is 9.73 Å². The largest absolute Gasteiger partial charge is 0.451 e. The summed E-state index contributed by atoms with van der Waals surface area (Å²) in [6.07, 6.45) is 2.90. The number of hydrogen-bond donors (Lipinski definition) is 1. The van der Waals surface area contributed by atoms with E-state index in [1.165, 1.54) is 35.5 Å². The summed E-state index contributed by atoms with van der Waals surface area (Å²) in [5.74, 6) is -0.755. The van der Waals surface area contributed by atoms with Crippen LogP contribution in [0, 0.1) is 12.7 Å². The molecule has 2 aromatic heterocycles. The minimum Gasteiger partial charge on any atom is -0.451 e. The molecule has 0 spiro atoms. The topological polar surface area (TPSA) is 73.0 Å². The van der Waals surface area contributed by atoms with E-state index >= 15 is 0 Å². The Balaban J connectivity index is 1.73. The molecule has 0 atom stereocenters. The van der Waals surface area contributed by atoms with E-state index in [1.54, 1.807) is 25.1 Å². The van der Waals surface area contributed by atoms with Gasteiger partial charge in [0.25, 0.3) is 5.91 Å². The van der Waals surface area contributed by atoms with Crippen LogP contribution in [0.4, 0.5) is 10.1 Å². The van der Waals surface area contributed by atoms with Crippen molar-refractivity contribution in [2.75, 3.05) is 5.32 Å². The first-order valence-corrected chi connectivity index (χ1v) is 8.05. The van der Waals surface area contributed by atoms with Crippen LogP contribution in [0.3, 0.4) is 0 Å². The van der Waals surface area contributed by atoms with E-state index in [2.05, 4.69) is 15.4 Å². The monoisotopic (exact) mass is 370 g/mol. The van der Waals surface area contributed by atoms with Crippen LogP contribution in [0.1, 0.15) is 16.1 Å². The van der Waals surface area contributed by atoms with Gasteiger partial charge in [-0.3, -0.25) is 4.79 Å². The first kappa shape index (κ1) is 16.3. The molecule has 1 amide bonds. The van der Waals surface area contributed by atoms with Crippen molar-refractivity contribution in [3.05, 3.63) is 71.2 Å². The van der Waals surface area contributed by atoms with E-state index in [4.69, 9.17) is 16.0 Å². The molecule has 0 aliphatic carbocycles. The van der Waals surface area contributed by atoms with E-state index in [9.17, 15) is 9.18 Å². The molecule has 0 saturated heterocycles. The van der Waals surface area contributed by atoms with Gasteiger partial charge in [-0.2, -0.15) is 5.10 Å². The van der Waals surface area contributed by atoms with Crippen LogP contribution in [0.2, 0.25) is 5.02 Å². The van der Waals surface area contributed by atoms with E-state index in [0.717, 1.165) is 0 Å². The quantitative estimate of drug-likeness (QED) is 0.581. The van der Waals surface area contributed by atoms with Gasteiger partial charge in [0.05, 0.1) is 11.4 Å². The van der Waals surface area contributed by atoms with E-state index < -0.39 is 11.7 Å². The van der Waals surface area contributed by atoms with Crippen LogP contribution in [0.25, 0.3) is 16.7 Å². The fourth-order valence-corrected chi connectivity index (χ4v) is 2.90. The second-order valence-electron chi connectivity index (χ2n) is 5.65. The Kier molecular flexibility index (Phi) is 3.93. The molecule has 6 nitrogen and oxygen atoms in total. The third-order valence-electron chi connectivity index (χ3n) is 3.98. The molecule has 0 aliphatic rings. The van der Waals surface area contributed by atoms with E-state index in [1.807, 2.05) is 0 Å². The molecule has 2 aromatic carbocycles. The van der Waals surface area contributed by atoms with Crippen LogP contribution in [-0.4, -0.2) is 20.7 Å². The minimum atomic E-state index is -0.470. The number of fused-ring (bicyclic) bond motifs is 1. The van der Waals surface area contributed by atoms with Gasteiger partial charge in [-0.25, -0.2) is 14.1 Å². The Bertz CT molecular complexity index is 1120. The van der Waals surface area contributed by atoms with Crippen molar-refractivity contribution < 1.29 is 13.6 Å². The normalized spacial score (nSPS) is 11.0. The number of anilines is 1. The lowest BCUT2D eigenvalue weighted by Crippen LogP contribution is -2.14. The van der Waals surface area contributed by atoms with Crippen molar-refractivity contribution in [1.29, 1.82) is 0 Å². The Hall–Kier alpha value is -3.19. The zero-order chi connectivity index (χ0) is 18.3. The van der Waals surface area contributed by atoms with Crippen LogP contribution in [0.15, 0.2) is 53.5 Å². The van der Waals surface area contributed by atoms with Crippen LogP contribution >= 0.6 is 11.6 Å². The molecule has 4 aromatic rings. The number of aryl methyl sites for hydroxylation is 1. The van der Waals surface area contributed by atoms with Gasteiger partial charge in [-0.05, 0) is 43.3 Å². The van der Waals surface area contributed by atoms with Gasteiger partial charge in [0.1, 0.15) is 24.1 Å². The summed E-state index contributed by atoms with van der Waals surface area (Å²) in [7, 11) is 0. The predicted octanol–water partition coefficient (Wildman–Crippen LogP) is 4.37. The first-order chi connectivity index (χ1) is 12.5. The second kappa shape index (κ2) is 6.27. The number of rotatable bonds is 3. The molecule has 26 heavy (non-hydrogen) atoms. The number of nitrogens with one attached hydrogen (secondary N) is 1. The van der Waals surface area contributed by atoms with E-state index in [-0.39, 0.29) is 5.76 Å². The highest BCUT2D eigenvalue weighted by atomic mass is 35.5. The number of hydrogen-bond acceptors (Lipinski definition) is 4. The molecular formula is C18H12ClFN4O2. The first-order valence-electron chi connectivity index (χ1n) is 7.67.